The summed E-state index contributed by atoms with van der Waals surface area (Å²) in [7, 11) is 0. The standard InChI is InChI=1S/C15H20N2OS/c18-15(11-19-14-4-2-1-3-5-14)17-7-6-12-8-16-9-13(12)10-17/h1-5,12-13,16H,6-11H2. The molecule has 2 aliphatic heterocycles. The molecular weight excluding hydrogens is 256 g/mol. The fourth-order valence-electron chi connectivity index (χ4n) is 3.01. The Bertz CT molecular complexity index is 437. The first-order chi connectivity index (χ1) is 9.33. The Balaban J connectivity index is 1.50. The highest BCUT2D eigenvalue weighted by Gasteiger charge is 2.34. The Kier molecular flexibility index (Phi) is 4.09. The van der Waals surface area contributed by atoms with Crippen LogP contribution in [0.1, 0.15) is 6.42 Å². The quantitative estimate of drug-likeness (QED) is 0.855. The van der Waals surface area contributed by atoms with Gasteiger partial charge in [-0.3, -0.25) is 4.79 Å². The number of rotatable bonds is 3. The number of nitrogens with zero attached hydrogens (tertiary/aromatic N) is 1. The Morgan fingerprint density at radius 1 is 1.26 bits per heavy atom. The summed E-state index contributed by atoms with van der Waals surface area (Å²) in [5, 5.41) is 3.44. The molecule has 19 heavy (non-hydrogen) atoms. The Labute approximate surface area is 118 Å². The van der Waals surface area contributed by atoms with Crippen molar-refractivity contribution >= 4 is 17.7 Å². The molecule has 1 amide bonds. The van der Waals surface area contributed by atoms with E-state index in [4.69, 9.17) is 0 Å². The van der Waals surface area contributed by atoms with Crippen LogP contribution < -0.4 is 5.32 Å². The zero-order valence-corrected chi connectivity index (χ0v) is 11.9. The molecule has 0 radical (unpaired) electrons. The second-order valence-electron chi connectivity index (χ2n) is 5.41. The van der Waals surface area contributed by atoms with Crippen LogP contribution in [0.15, 0.2) is 35.2 Å². The Morgan fingerprint density at radius 3 is 2.89 bits per heavy atom. The lowest BCUT2D eigenvalue weighted by molar-refractivity contribution is -0.130. The van der Waals surface area contributed by atoms with E-state index in [0.29, 0.717) is 17.6 Å². The number of carbonyl (C=O) groups excluding carboxylic acids is 1. The molecule has 3 nitrogen and oxygen atoms in total. The van der Waals surface area contributed by atoms with Gasteiger partial charge in [0, 0.05) is 18.0 Å². The van der Waals surface area contributed by atoms with Gasteiger partial charge in [0.2, 0.25) is 5.91 Å². The van der Waals surface area contributed by atoms with Crippen LogP contribution in [0.5, 0.6) is 0 Å². The second-order valence-corrected chi connectivity index (χ2v) is 6.46. The van der Waals surface area contributed by atoms with Crippen LogP contribution in [0.3, 0.4) is 0 Å². The van der Waals surface area contributed by atoms with Crippen LogP contribution in [-0.4, -0.2) is 42.7 Å². The van der Waals surface area contributed by atoms with Gasteiger partial charge in [-0.25, -0.2) is 0 Å². The second kappa shape index (κ2) is 5.97. The summed E-state index contributed by atoms with van der Waals surface area (Å²) in [4.78, 5) is 15.5. The molecule has 2 aliphatic rings. The van der Waals surface area contributed by atoms with Crippen molar-refractivity contribution < 1.29 is 4.79 Å². The fraction of sp³-hybridized carbons (Fsp3) is 0.533. The Hall–Kier alpha value is -1.00. The maximum atomic E-state index is 12.2. The van der Waals surface area contributed by atoms with Gasteiger partial charge in [-0.05, 0) is 43.5 Å². The molecule has 2 heterocycles. The molecule has 3 rings (SSSR count). The number of likely N-dealkylation sites (tertiary alicyclic amines) is 1. The van der Waals surface area contributed by atoms with Crippen molar-refractivity contribution in [3.8, 4) is 0 Å². The van der Waals surface area contributed by atoms with E-state index >= 15 is 0 Å². The van der Waals surface area contributed by atoms with Gasteiger partial charge >= 0.3 is 0 Å². The maximum absolute atomic E-state index is 12.2. The zero-order chi connectivity index (χ0) is 13.1. The highest BCUT2D eigenvalue weighted by molar-refractivity contribution is 8.00. The summed E-state index contributed by atoms with van der Waals surface area (Å²) < 4.78 is 0. The molecule has 0 saturated carbocycles. The number of hydrogen-bond acceptors (Lipinski definition) is 3. The topological polar surface area (TPSA) is 32.3 Å². The molecule has 0 aromatic heterocycles. The molecule has 4 heteroatoms. The number of piperidine rings is 1. The first-order valence-electron chi connectivity index (χ1n) is 6.99. The number of fused-ring (bicyclic) bond motifs is 1. The number of benzene rings is 1. The summed E-state index contributed by atoms with van der Waals surface area (Å²) in [6, 6.07) is 10.2. The van der Waals surface area contributed by atoms with Gasteiger partial charge in [0.1, 0.15) is 0 Å². The van der Waals surface area contributed by atoms with Gasteiger partial charge < -0.3 is 10.2 Å². The lowest BCUT2D eigenvalue weighted by Crippen LogP contribution is -2.44. The van der Waals surface area contributed by atoms with Gasteiger partial charge in [0.25, 0.3) is 0 Å². The van der Waals surface area contributed by atoms with Gasteiger partial charge in [0.15, 0.2) is 0 Å². The predicted octanol–water partition coefficient (Wildman–Crippen LogP) is 1.85. The van der Waals surface area contributed by atoms with Crippen LogP contribution in [0.25, 0.3) is 0 Å². The molecule has 0 spiro atoms. The Morgan fingerprint density at radius 2 is 2.05 bits per heavy atom. The van der Waals surface area contributed by atoms with E-state index in [1.54, 1.807) is 11.8 Å². The third kappa shape index (κ3) is 3.12. The zero-order valence-electron chi connectivity index (χ0n) is 11.0. The molecule has 1 N–H and O–H groups in total. The molecule has 2 saturated heterocycles. The summed E-state index contributed by atoms with van der Waals surface area (Å²) in [6.45, 7) is 4.12. The lowest BCUT2D eigenvalue weighted by Gasteiger charge is -2.34. The maximum Gasteiger partial charge on any atom is 0.232 e. The highest BCUT2D eigenvalue weighted by atomic mass is 32.2. The van der Waals surface area contributed by atoms with Crippen LogP contribution in [0.2, 0.25) is 0 Å². The van der Waals surface area contributed by atoms with Gasteiger partial charge in [-0.15, -0.1) is 11.8 Å². The first kappa shape index (κ1) is 13.0. The molecule has 0 bridgehead atoms. The van der Waals surface area contributed by atoms with Gasteiger partial charge in [-0.1, -0.05) is 18.2 Å². The average molecular weight is 276 g/mol. The van der Waals surface area contributed by atoms with Crippen LogP contribution in [-0.2, 0) is 4.79 Å². The summed E-state index contributed by atoms with van der Waals surface area (Å²) in [5.41, 5.74) is 0. The van der Waals surface area contributed by atoms with Crippen molar-refractivity contribution in [3.05, 3.63) is 30.3 Å². The average Bonchev–Trinajstić information content (AvgIpc) is 2.93. The van der Waals surface area contributed by atoms with Crippen molar-refractivity contribution in [2.75, 3.05) is 31.9 Å². The van der Waals surface area contributed by atoms with Crippen LogP contribution in [0, 0.1) is 11.8 Å². The molecular formula is C15H20N2OS. The van der Waals surface area contributed by atoms with Gasteiger partial charge in [0.05, 0.1) is 5.75 Å². The molecule has 1 aromatic carbocycles. The molecule has 2 unspecified atom stereocenters. The van der Waals surface area contributed by atoms with E-state index in [9.17, 15) is 4.79 Å². The number of carbonyl (C=O) groups is 1. The van der Waals surface area contributed by atoms with E-state index < -0.39 is 0 Å². The highest BCUT2D eigenvalue weighted by Crippen LogP contribution is 2.27. The third-order valence-electron chi connectivity index (χ3n) is 4.16. The molecule has 2 fully saturated rings. The van der Waals surface area contributed by atoms with Crippen molar-refractivity contribution in [1.29, 1.82) is 0 Å². The fourth-order valence-corrected chi connectivity index (χ4v) is 3.84. The largest absolute Gasteiger partial charge is 0.342 e. The molecule has 102 valence electrons. The predicted molar refractivity (Wildman–Crippen MR) is 78.2 cm³/mol. The number of thioether (sulfide) groups is 1. The van der Waals surface area contributed by atoms with E-state index in [0.717, 1.165) is 32.1 Å². The van der Waals surface area contributed by atoms with Crippen molar-refractivity contribution in [1.82, 2.24) is 10.2 Å². The third-order valence-corrected chi connectivity index (χ3v) is 5.16. The van der Waals surface area contributed by atoms with Crippen molar-refractivity contribution in [3.63, 3.8) is 0 Å². The monoisotopic (exact) mass is 276 g/mol. The molecule has 0 aliphatic carbocycles. The van der Waals surface area contributed by atoms with E-state index in [1.165, 1.54) is 11.3 Å². The summed E-state index contributed by atoms with van der Waals surface area (Å²) in [6.07, 6.45) is 1.17. The minimum absolute atomic E-state index is 0.291. The summed E-state index contributed by atoms with van der Waals surface area (Å²) in [5.74, 6) is 2.33. The summed E-state index contributed by atoms with van der Waals surface area (Å²) >= 11 is 1.64. The first-order valence-corrected chi connectivity index (χ1v) is 7.98. The molecule has 2 atom stereocenters. The lowest BCUT2D eigenvalue weighted by atomic mass is 9.89. The molecule has 1 aromatic rings. The number of hydrogen-bond donors (Lipinski definition) is 1. The van der Waals surface area contributed by atoms with E-state index in [1.807, 2.05) is 18.2 Å². The van der Waals surface area contributed by atoms with Gasteiger partial charge in [-0.2, -0.15) is 0 Å². The van der Waals surface area contributed by atoms with Crippen LogP contribution in [0.4, 0.5) is 0 Å². The van der Waals surface area contributed by atoms with Crippen LogP contribution >= 0.6 is 11.8 Å². The van der Waals surface area contributed by atoms with Crippen molar-refractivity contribution in [2.45, 2.75) is 11.3 Å². The van der Waals surface area contributed by atoms with Crippen molar-refractivity contribution in [2.24, 2.45) is 11.8 Å². The minimum Gasteiger partial charge on any atom is -0.342 e. The number of nitrogens with one attached hydrogen (secondary N) is 1. The normalized spacial score (nSPS) is 26.2. The van der Waals surface area contributed by atoms with E-state index in [-0.39, 0.29) is 0 Å². The number of amides is 1. The van der Waals surface area contributed by atoms with E-state index in [2.05, 4.69) is 22.3 Å². The minimum atomic E-state index is 0.291. The SMILES string of the molecule is O=C(CSc1ccccc1)N1CCC2CNCC2C1. The smallest absolute Gasteiger partial charge is 0.232 e.